The maximum absolute atomic E-state index is 14.6. The van der Waals surface area contributed by atoms with Gasteiger partial charge in [-0.15, -0.1) is 0 Å². The first-order valence-corrected chi connectivity index (χ1v) is 33.5. The van der Waals surface area contributed by atoms with Crippen LogP contribution >= 0.6 is 11.6 Å². The number of halogens is 2. The first-order chi connectivity index (χ1) is 48.9. The van der Waals surface area contributed by atoms with E-state index in [4.69, 9.17) is 45.8 Å². The first kappa shape index (κ1) is 66.8. The van der Waals surface area contributed by atoms with E-state index in [1.54, 1.807) is 60.9 Å². The lowest BCUT2D eigenvalue weighted by Gasteiger charge is -2.32. The van der Waals surface area contributed by atoms with Crippen LogP contribution in [0.3, 0.4) is 0 Å². The standard InChI is InChI=1S/C27H25ClN4O3.C27H25FN4O2.C25H22N4O2/c1-3-25(33)31-15-5-6-19(17-31)32-22-13-14-29-16-21(22)27(30-32)18-9-11-20(12-10-18)35-24-8-4-7-23(34-2)26(24)28;1-3-18-6-5-7-24(26(18)28)34-21-10-8-19(9-11-21)27-22-16-29-14-12-23(22)32(30-27)20-13-15-31(17-20)25(33)4-2;1-2-24(30)28-15-13-19(17-28)29-23-12-14-26-16-22(23)25(27-29)18-8-10-21(11-9-18)31-20-6-4-3-5-7-20/h3-4,7-14,16,19H,1,5-6,15,17H2,2H3;4-12,14,16,20H,2-3,13,15,17H2,1H3;2-12,14,16,19H,1,13,15,17H2/t19-;20-;19-/m111/s1. The second-order valence-corrected chi connectivity index (χ2v) is 24.6. The van der Waals surface area contributed by atoms with Crippen molar-refractivity contribution in [2.24, 2.45) is 0 Å². The Kier molecular flexibility index (Phi) is 20.3. The van der Waals surface area contributed by atoms with Crippen LogP contribution in [-0.2, 0) is 20.8 Å². The molecule has 21 heteroatoms. The molecule has 3 fully saturated rings. The molecule has 504 valence electrons. The van der Waals surface area contributed by atoms with Crippen molar-refractivity contribution in [3.63, 3.8) is 0 Å². The molecule has 3 saturated heterocycles. The second-order valence-electron chi connectivity index (χ2n) is 24.3. The Hall–Kier alpha value is -11.8. The normalized spacial score (nSPS) is 15.7. The summed E-state index contributed by atoms with van der Waals surface area (Å²) in [4.78, 5) is 54.6. The van der Waals surface area contributed by atoms with E-state index in [2.05, 4.69) is 34.7 Å². The Balaban J connectivity index is 0.000000135. The Morgan fingerprint density at radius 1 is 0.480 bits per heavy atom. The van der Waals surface area contributed by atoms with Crippen LogP contribution in [-0.4, -0.2) is 123 Å². The summed E-state index contributed by atoms with van der Waals surface area (Å²) in [6.07, 6.45) is 19.1. The number of benzene rings is 6. The molecule has 9 heterocycles. The molecule has 0 saturated carbocycles. The molecule has 0 radical (unpaired) electrons. The number of methoxy groups -OCH3 is 1. The molecule has 0 spiro atoms. The number of fused-ring (bicyclic) bond motifs is 3. The number of hydrogen-bond acceptors (Lipinski definition) is 13. The summed E-state index contributed by atoms with van der Waals surface area (Å²) >= 11 is 6.37. The molecular formula is C79H72ClFN12O7. The SMILES string of the molecule is C=CC(=O)N1CCC[C@@H](n2nc(-c3ccc(Oc4cccc(OC)c4Cl)cc3)c3cnccc32)C1.C=CC(=O)N1CC[C@@H](n2nc(-c3ccc(Oc4cccc(CC)c4F)cc3)c3cnccc32)C1.C=CC(=O)N1CC[C@@H](n2nc(-c3ccc(Oc4ccccc4)cc3)c3cnccc32)C1. The average Bonchev–Trinajstić information content (AvgIpc) is 1.62. The summed E-state index contributed by atoms with van der Waals surface area (Å²) in [6.45, 7) is 16.7. The number of likely N-dealkylation sites (tertiary alicyclic amines) is 3. The molecule has 19 nitrogen and oxygen atoms in total. The fourth-order valence-electron chi connectivity index (χ4n) is 13.0. The molecule has 3 aliphatic rings. The number of piperidine rings is 1. The minimum absolute atomic E-state index is 0.0325. The highest BCUT2D eigenvalue weighted by molar-refractivity contribution is 6.33. The molecular weight excluding hydrogens is 1280 g/mol. The summed E-state index contributed by atoms with van der Waals surface area (Å²) in [6, 6.07) is 49.6. The molecule has 0 unspecified atom stereocenters. The maximum Gasteiger partial charge on any atom is 0.246 e. The van der Waals surface area contributed by atoms with Crippen LogP contribution in [0.25, 0.3) is 66.5 Å². The fraction of sp³-hybridized carbons (Fsp3) is 0.203. The lowest BCUT2D eigenvalue weighted by molar-refractivity contribution is -0.127. The Bertz CT molecular complexity index is 4960. The highest BCUT2D eigenvalue weighted by Crippen LogP contribution is 2.40. The fourth-order valence-corrected chi connectivity index (χ4v) is 13.3. The van der Waals surface area contributed by atoms with Gasteiger partial charge in [-0.2, -0.15) is 15.3 Å². The number of amides is 3. The van der Waals surface area contributed by atoms with Crippen molar-refractivity contribution < 1.29 is 37.7 Å². The third-order valence-corrected chi connectivity index (χ3v) is 18.5. The predicted molar refractivity (Wildman–Crippen MR) is 385 cm³/mol. The highest BCUT2D eigenvalue weighted by atomic mass is 35.5. The number of aryl methyl sites for hydroxylation is 1. The van der Waals surface area contributed by atoms with Gasteiger partial charge in [0.15, 0.2) is 11.6 Å². The van der Waals surface area contributed by atoms with Gasteiger partial charge in [-0.3, -0.25) is 43.4 Å². The van der Waals surface area contributed by atoms with Crippen molar-refractivity contribution in [3.05, 3.63) is 249 Å². The molecule has 6 aromatic heterocycles. The van der Waals surface area contributed by atoms with Crippen molar-refractivity contribution in [2.45, 2.75) is 57.2 Å². The number of aromatic nitrogens is 9. The summed E-state index contributed by atoms with van der Waals surface area (Å²) in [7, 11) is 1.57. The number of ether oxygens (including phenoxy) is 4. The summed E-state index contributed by atoms with van der Waals surface area (Å²) in [5.74, 6) is 3.60. The predicted octanol–water partition coefficient (Wildman–Crippen LogP) is 16.3. The van der Waals surface area contributed by atoms with Crippen molar-refractivity contribution >= 4 is 62.0 Å². The number of hydrogen-bond donors (Lipinski definition) is 0. The molecule has 12 aromatic rings. The van der Waals surface area contributed by atoms with Crippen LogP contribution in [0.1, 0.15) is 56.3 Å². The lowest BCUT2D eigenvalue weighted by Crippen LogP contribution is -2.40. The first-order valence-electron chi connectivity index (χ1n) is 33.1. The number of carbonyl (C=O) groups is 3. The highest BCUT2D eigenvalue weighted by Gasteiger charge is 2.32. The van der Waals surface area contributed by atoms with Crippen LogP contribution in [0.5, 0.6) is 40.2 Å². The van der Waals surface area contributed by atoms with Gasteiger partial charge < -0.3 is 33.6 Å². The Labute approximate surface area is 582 Å². The molecule has 6 aromatic carbocycles. The van der Waals surface area contributed by atoms with Gasteiger partial charge >= 0.3 is 0 Å². The van der Waals surface area contributed by atoms with Gasteiger partial charge in [-0.1, -0.05) is 74.7 Å². The molecule has 0 aliphatic carbocycles. The van der Waals surface area contributed by atoms with E-state index in [-0.39, 0.29) is 47.4 Å². The van der Waals surface area contributed by atoms with Gasteiger partial charge in [0.1, 0.15) is 56.6 Å². The zero-order valence-electron chi connectivity index (χ0n) is 55.3. The van der Waals surface area contributed by atoms with Crippen molar-refractivity contribution in [1.82, 2.24) is 59.0 Å². The monoisotopic (exact) mass is 1350 g/mol. The van der Waals surface area contributed by atoms with E-state index in [9.17, 15) is 18.8 Å². The maximum atomic E-state index is 14.6. The van der Waals surface area contributed by atoms with Gasteiger partial charge in [-0.05, 0) is 177 Å². The van der Waals surface area contributed by atoms with Crippen LogP contribution in [0, 0.1) is 5.82 Å². The minimum Gasteiger partial charge on any atom is -0.495 e. The molecule has 3 atom stereocenters. The molecule has 0 bridgehead atoms. The summed E-state index contributed by atoms with van der Waals surface area (Å²) in [5, 5.41) is 18.2. The van der Waals surface area contributed by atoms with E-state index in [1.807, 2.05) is 177 Å². The van der Waals surface area contributed by atoms with Crippen LogP contribution < -0.4 is 18.9 Å². The van der Waals surface area contributed by atoms with Gasteiger partial charge in [-0.25, -0.2) is 4.39 Å². The van der Waals surface area contributed by atoms with E-state index in [0.29, 0.717) is 72.7 Å². The number of rotatable bonds is 17. The van der Waals surface area contributed by atoms with Gasteiger partial charge in [0.25, 0.3) is 0 Å². The van der Waals surface area contributed by atoms with Crippen LogP contribution in [0.4, 0.5) is 4.39 Å². The number of nitrogens with zero attached hydrogens (tertiary/aromatic N) is 12. The molecule has 3 amide bonds. The van der Waals surface area contributed by atoms with Gasteiger partial charge in [0.05, 0.1) is 41.8 Å². The van der Waals surface area contributed by atoms with Crippen molar-refractivity contribution in [2.75, 3.05) is 46.4 Å². The van der Waals surface area contributed by atoms with Gasteiger partial charge in [0, 0.05) is 109 Å². The Morgan fingerprint density at radius 3 is 1.31 bits per heavy atom. The lowest BCUT2D eigenvalue weighted by atomic mass is 10.1. The van der Waals surface area contributed by atoms with E-state index in [0.717, 1.165) is 110 Å². The molecule has 100 heavy (non-hydrogen) atoms. The number of pyridine rings is 3. The van der Waals surface area contributed by atoms with Crippen LogP contribution in [0.2, 0.25) is 5.02 Å². The van der Waals surface area contributed by atoms with E-state index in [1.165, 1.54) is 18.2 Å². The largest absolute Gasteiger partial charge is 0.495 e. The molecule has 0 N–H and O–H groups in total. The quantitative estimate of drug-likeness (QED) is 0.0784. The molecule has 3 aliphatic heterocycles. The average molecular weight is 1360 g/mol. The molecule has 15 rings (SSSR count). The van der Waals surface area contributed by atoms with Gasteiger partial charge in [0.2, 0.25) is 17.7 Å². The summed E-state index contributed by atoms with van der Waals surface area (Å²) < 4.78 is 43.6. The smallest absolute Gasteiger partial charge is 0.246 e. The Morgan fingerprint density at radius 2 is 0.870 bits per heavy atom. The van der Waals surface area contributed by atoms with Crippen molar-refractivity contribution in [3.8, 4) is 74.0 Å². The van der Waals surface area contributed by atoms with Crippen LogP contribution in [0.15, 0.2) is 233 Å². The van der Waals surface area contributed by atoms with Crippen molar-refractivity contribution in [1.29, 1.82) is 0 Å². The zero-order chi connectivity index (χ0) is 69.2. The zero-order valence-corrected chi connectivity index (χ0v) is 56.1. The topological polar surface area (TPSA) is 190 Å². The summed E-state index contributed by atoms with van der Waals surface area (Å²) in [5.41, 5.74) is 8.99. The van der Waals surface area contributed by atoms with E-state index >= 15 is 0 Å². The minimum atomic E-state index is -0.328. The number of para-hydroxylation sites is 1. The third kappa shape index (κ3) is 14.3. The van der Waals surface area contributed by atoms with E-state index < -0.39 is 0 Å². The second kappa shape index (κ2) is 30.3. The number of carbonyl (C=O) groups excluding carboxylic acids is 3. The third-order valence-electron chi connectivity index (χ3n) is 18.1.